The van der Waals surface area contributed by atoms with Gasteiger partial charge < -0.3 is 14.5 Å². The van der Waals surface area contributed by atoms with Crippen molar-refractivity contribution in [1.29, 1.82) is 0 Å². The molecule has 1 aliphatic rings. The highest BCUT2D eigenvalue weighted by Crippen LogP contribution is 2.19. The molecule has 0 radical (unpaired) electrons. The minimum Gasteiger partial charge on any atom is -0.444 e. The van der Waals surface area contributed by atoms with Gasteiger partial charge >= 0.3 is 12.1 Å². The van der Waals surface area contributed by atoms with Crippen LogP contribution in [-0.4, -0.2) is 60.1 Å². The van der Waals surface area contributed by atoms with E-state index in [2.05, 4.69) is 10.3 Å². The van der Waals surface area contributed by atoms with E-state index in [-0.39, 0.29) is 30.9 Å². The quantitative estimate of drug-likeness (QED) is 0.864. The van der Waals surface area contributed by atoms with Gasteiger partial charge in [0.25, 0.3) is 0 Å². The molecule has 0 atom stereocenters. The second kappa shape index (κ2) is 7.54. The number of oxazole rings is 1. The molecule has 3 amide bonds. The summed E-state index contributed by atoms with van der Waals surface area (Å²) < 4.78 is 10.6. The average molecular weight is 352 g/mol. The first-order valence-corrected chi connectivity index (χ1v) is 8.13. The van der Waals surface area contributed by atoms with Crippen molar-refractivity contribution in [2.45, 2.75) is 39.2 Å². The molecule has 0 unspecified atom stereocenters. The van der Waals surface area contributed by atoms with Crippen molar-refractivity contribution >= 4 is 23.9 Å². The molecule has 9 heteroatoms. The molecule has 1 aliphatic heterocycles. The number of carbonyl (C=O) groups excluding carboxylic acids is 3. The lowest BCUT2D eigenvalue weighted by Crippen LogP contribution is -2.53. The third-order valence-electron chi connectivity index (χ3n) is 3.53. The first-order valence-electron chi connectivity index (χ1n) is 8.13. The Kier molecular flexibility index (Phi) is 5.66. The number of aromatic nitrogens is 1. The third-order valence-corrected chi connectivity index (χ3v) is 3.53. The zero-order chi connectivity index (χ0) is 18.6. The summed E-state index contributed by atoms with van der Waals surface area (Å²) in [4.78, 5) is 42.6. The maximum atomic E-state index is 12.3. The minimum atomic E-state index is -0.612. The fraction of sp³-hybridized carbons (Fsp3) is 0.625. The summed E-state index contributed by atoms with van der Waals surface area (Å²) in [6.07, 6.45) is 1.64. The molecule has 25 heavy (non-hydrogen) atoms. The second-order valence-electron chi connectivity index (χ2n) is 6.74. The Morgan fingerprint density at radius 1 is 1.36 bits per heavy atom. The summed E-state index contributed by atoms with van der Waals surface area (Å²) in [6.45, 7) is 5.83. The lowest BCUT2D eigenvalue weighted by atomic mass is 10.2. The van der Waals surface area contributed by atoms with E-state index in [4.69, 9.17) is 9.15 Å². The molecular weight excluding hydrogens is 328 g/mol. The summed E-state index contributed by atoms with van der Waals surface area (Å²) in [5, 5.41) is 2.53. The van der Waals surface area contributed by atoms with E-state index in [1.807, 2.05) is 0 Å². The SMILES string of the molecule is CNC(=O)CCc1coc(N2CCN(C(=O)OC(C)(C)C)CC2=O)n1. The first kappa shape index (κ1) is 18.8. The van der Waals surface area contributed by atoms with E-state index in [1.165, 1.54) is 16.1 Å². The van der Waals surface area contributed by atoms with Crippen LogP contribution in [0.1, 0.15) is 32.9 Å². The normalized spacial score (nSPS) is 15.3. The lowest BCUT2D eigenvalue weighted by Gasteiger charge is -2.33. The molecule has 0 saturated carbocycles. The van der Waals surface area contributed by atoms with Crippen molar-refractivity contribution in [2.24, 2.45) is 0 Å². The molecule has 1 fully saturated rings. The topological polar surface area (TPSA) is 105 Å². The average Bonchev–Trinajstić information content (AvgIpc) is 2.99. The first-order chi connectivity index (χ1) is 11.7. The number of nitrogens with zero attached hydrogens (tertiary/aromatic N) is 3. The molecule has 0 spiro atoms. The van der Waals surface area contributed by atoms with Gasteiger partial charge in [-0.1, -0.05) is 0 Å². The van der Waals surface area contributed by atoms with Crippen LogP contribution in [0, 0.1) is 0 Å². The molecule has 2 rings (SSSR count). The van der Waals surface area contributed by atoms with Gasteiger partial charge in [-0.15, -0.1) is 0 Å². The van der Waals surface area contributed by atoms with Crippen LogP contribution in [0.2, 0.25) is 0 Å². The maximum absolute atomic E-state index is 12.3. The lowest BCUT2D eigenvalue weighted by molar-refractivity contribution is -0.121. The maximum Gasteiger partial charge on any atom is 0.410 e. The van der Waals surface area contributed by atoms with Crippen LogP contribution in [0.4, 0.5) is 10.8 Å². The van der Waals surface area contributed by atoms with Gasteiger partial charge in [0.15, 0.2) is 0 Å². The predicted octanol–water partition coefficient (Wildman–Crippen LogP) is 0.937. The Balaban J connectivity index is 1.93. The summed E-state index contributed by atoms with van der Waals surface area (Å²) in [5.74, 6) is -0.386. The van der Waals surface area contributed by atoms with Crippen LogP contribution < -0.4 is 10.2 Å². The zero-order valence-corrected chi connectivity index (χ0v) is 15.0. The molecule has 0 aliphatic carbocycles. The number of aryl methyl sites for hydroxylation is 1. The molecular formula is C16H24N4O5. The van der Waals surface area contributed by atoms with Crippen molar-refractivity contribution in [3.63, 3.8) is 0 Å². The summed E-state index contributed by atoms with van der Waals surface area (Å²) in [7, 11) is 1.57. The predicted molar refractivity (Wildman–Crippen MR) is 89.1 cm³/mol. The largest absolute Gasteiger partial charge is 0.444 e. The van der Waals surface area contributed by atoms with Gasteiger partial charge in [0, 0.05) is 33.0 Å². The summed E-state index contributed by atoms with van der Waals surface area (Å²) in [6, 6.07) is 0.181. The van der Waals surface area contributed by atoms with Crippen LogP contribution in [0.5, 0.6) is 0 Å². The van der Waals surface area contributed by atoms with Crippen LogP contribution in [0.25, 0.3) is 0 Å². The van der Waals surface area contributed by atoms with Crippen molar-refractivity contribution in [3.8, 4) is 0 Å². The number of amides is 3. The van der Waals surface area contributed by atoms with Gasteiger partial charge in [-0.05, 0) is 20.8 Å². The highest BCUT2D eigenvalue weighted by molar-refractivity contribution is 5.95. The van der Waals surface area contributed by atoms with Gasteiger partial charge in [0.05, 0.1) is 5.69 Å². The Labute approximate surface area is 146 Å². The molecule has 1 N–H and O–H groups in total. The van der Waals surface area contributed by atoms with Crippen molar-refractivity contribution in [3.05, 3.63) is 12.0 Å². The minimum absolute atomic E-state index is 0.0911. The van der Waals surface area contributed by atoms with Crippen molar-refractivity contribution in [1.82, 2.24) is 15.2 Å². The third kappa shape index (κ3) is 5.20. The smallest absolute Gasteiger partial charge is 0.410 e. The van der Waals surface area contributed by atoms with Crippen LogP contribution in [0.3, 0.4) is 0 Å². The fourth-order valence-electron chi connectivity index (χ4n) is 2.26. The van der Waals surface area contributed by atoms with Gasteiger partial charge in [-0.3, -0.25) is 19.4 Å². The highest BCUT2D eigenvalue weighted by atomic mass is 16.6. The van der Waals surface area contributed by atoms with Gasteiger partial charge in [-0.2, -0.15) is 4.98 Å². The van der Waals surface area contributed by atoms with E-state index in [9.17, 15) is 14.4 Å². The Morgan fingerprint density at radius 3 is 2.68 bits per heavy atom. The molecule has 138 valence electrons. The standard InChI is InChI=1S/C16H24N4O5/c1-16(2,3)25-15(23)19-7-8-20(13(22)9-19)14-18-11(10-24-14)5-6-12(21)17-4/h10H,5-9H2,1-4H3,(H,17,21). The zero-order valence-electron chi connectivity index (χ0n) is 15.0. The van der Waals surface area contributed by atoms with E-state index in [1.54, 1.807) is 27.8 Å². The number of ether oxygens (including phenoxy) is 1. The number of anilines is 1. The van der Waals surface area contributed by atoms with E-state index >= 15 is 0 Å². The van der Waals surface area contributed by atoms with Gasteiger partial charge in [0.2, 0.25) is 11.8 Å². The number of piperazine rings is 1. The molecule has 2 heterocycles. The number of nitrogens with one attached hydrogen (secondary N) is 1. The second-order valence-corrected chi connectivity index (χ2v) is 6.74. The molecule has 0 aromatic carbocycles. The Morgan fingerprint density at radius 2 is 2.08 bits per heavy atom. The molecule has 1 aromatic heterocycles. The summed E-state index contributed by atoms with van der Waals surface area (Å²) >= 11 is 0. The fourth-order valence-corrected chi connectivity index (χ4v) is 2.26. The van der Waals surface area contributed by atoms with Crippen molar-refractivity contribution in [2.75, 3.05) is 31.6 Å². The number of carbonyl (C=O) groups is 3. The molecule has 1 aromatic rings. The van der Waals surface area contributed by atoms with Crippen LogP contribution in [0.15, 0.2) is 10.7 Å². The van der Waals surface area contributed by atoms with Gasteiger partial charge in [0.1, 0.15) is 18.4 Å². The van der Waals surface area contributed by atoms with Crippen LogP contribution in [-0.2, 0) is 20.7 Å². The Hall–Kier alpha value is -2.58. The van der Waals surface area contributed by atoms with Crippen molar-refractivity contribution < 1.29 is 23.5 Å². The number of hydrogen-bond acceptors (Lipinski definition) is 6. The monoisotopic (exact) mass is 352 g/mol. The van der Waals surface area contributed by atoms with E-state index in [0.717, 1.165) is 0 Å². The van der Waals surface area contributed by atoms with E-state index in [0.29, 0.717) is 25.1 Å². The highest BCUT2D eigenvalue weighted by Gasteiger charge is 2.32. The molecule has 1 saturated heterocycles. The van der Waals surface area contributed by atoms with Gasteiger partial charge in [-0.25, -0.2) is 4.79 Å². The van der Waals surface area contributed by atoms with E-state index < -0.39 is 11.7 Å². The number of hydrogen-bond donors (Lipinski definition) is 1. The summed E-state index contributed by atoms with van der Waals surface area (Å²) in [5.41, 5.74) is -0.0135. The number of rotatable bonds is 4. The van der Waals surface area contributed by atoms with Crippen LogP contribution >= 0.6 is 0 Å². The Bertz CT molecular complexity index is 649. The molecule has 9 nitrogen and oxygen atoms in total. The molecule has 0 bridgehead atoms.